The molecule has 0 bridgehead atoms. The number of hydrogen-bond donors (Lipinski definition) is 2. The molecule has 1 heterocycles. The van der Waals surface area contributed by atoms with E-state index in [2.05, 4.69) is 31.4 Å². The molecular formula is C27H40F3N3O3S. The fourth-order valence-electron chi connectivity index (χ4n) is 6.24. The number of nitrogens with one attached hydrogen (secondary N) is 2. The molecule has 0 radical (unpaired) electrons. The summed E-state index contributed by atoms with van der Waals surface area (Å²) in [7, 11) is -3.91. The first-order valence-corrected chi connectivity index (χ1v) is 14.9. The molecule has 3 aliphatic rings. The van der Waals surface area contributed by atoms with Gasteiger partial charge in [0, 0.05) is 19.1 Å². The lowest BCUT2D eigenvalue weighted by atomic mass is 9.87. The van der Waals surface area contributed by atoms with Gasteiger partial charge in [-0.05, 0) is 86.1 Å². The number of alkyl halides is 3. The van der Waals surface area contributed by atoms with E-state index < -0.39 is 21.8 Å². The third-order valence-corrected chi connectivity index (χ3v) is 10.1. The molecule has 0 unspecified atom stereocenters. The van der Waals surface area contributed by atoms with Crippen molar-refractivity contribution in [2.45, 2.75) is 88.9 Å². The van der Waals surface area contributed by atoms with Gasteiger partial charge in [0.1, 0.15) is 0 Å². The van der Waals surface area contributed by atoms with Crippen molar-refractivity contribution < 1.29 is 26.4 Å². The third-order valence-electron chi connectivity index (χ3n) is 8.23. The number of benzene rings is 1. The first-order valence-electron chi connectivity index (χ1n) is 13.5. The molecule has 2 N–H and O–H groups in total. The summed E-state index contributed by atoms with van der Waals surface area (Å²) in [6.07, 6.45) is 2.71. The quantitative estimate of drug-likeness (QED) is 0.494. The van der Waals surface area contributed by atoms with Crippen LogP contribution < -0.4 is 10.6 Å². The molecule has 1 aromatic rings. The predicted molar refractivity (Wildman–Crippen MR) is 136 cm³/mol. The number of rotatable bonds is 8. The van der Waals surface area contributed by atoms with E-state index >= 15 is 0 Å². The minimum absolute atomic E-state index is 0.00158. The van der Waals surface area contributed by atoms with Gasteiger partial charge in [-0.3, -0.25) is 4.79 Å². The molecule has 1 amide bonds. The number of carbonyl (C=O) groups is 1. The zero-order chi connectivity index (χ0) is 27.0. The van der Waals surface area contributed by atoms with Crippen LogP contribution >= 0.6 is 0 Å². The van der Waals surface area contributed by atoms with Gasteiger partial charge in [0.05, 0.1) is 16.5 Å². The molecule has 0 aromatic heterocycles. The van der Waals surface area contributed by atoms with Crippen molar-refractivity contribution in [3.63, 3.8) is 0 Å². The molecule has 2 aliphatic carbocycles. The Morgan fingerprint density at radius 2 is 1.68 bits per heavy atom. The van der Waals surface area contributed by atoms with Crippen LogP contribution in [0.4, 0.5) is 13.2 Å². The maximum atomic E-state index is 13.4. The minimum atomic E-state index is -4.52. The van der Waals surface area contributed by atoms with Crippen LogP contribution in [0.1, 0.15) is 71.3 Å². The molecule has 208 valence electrons. The average molecular weight is 544 g/mol. The predicted octanol–water partition coefficient (Wildman–Crippen LogP) is 4.81. The summed E-state index contributed by atoms with van der Waals surface area (Å²) in [5.74, 6) is 0.716. The Kier molecular flexibility index (Phi) is 8.31. The zero-order valence-corrected chi connectivity index (χ0v) is 22.8. The highest BCUT2D eigenvalue weighted by Crippen LogP contribution is 2.40. The molecule has 3 fully saturated rings. The fraction of sp³-hybridized carbons (Fsp3) is 0.741. The summed E-state index contributed by atoms with van der Waals surface area (Å²) < 4.78 is 66.4. The van der Waals surface area contributed by atoms with Gasteiger partial charge in [0.2, 0.25) is 15.9 Å². The van der Waals surface area contributed by atoms with E-state index in [9.17, 15) is 26.4 Å². The van der Waals surface area contributed by atoms with Crippen LogP contribution in [-0.2, 0) is 21.0 Å². The minimum Gasteiger partial charge on any atom is -0.352 e. The number of hydrogen-bond acceptors (Lipinski definition) is 4. The highest BCUT2D eigenvalue weighted by molar-refractivity contribution is 7.89. The number of amides is 1. The lowest BCUT2D eigenvalue weighted by Gasteiger charge is -2.29. The van der Waals surface area contributed by atoms with Gasteiger partial charge in [-0.2, -0.15) is 17.5 Å². The molecule has 4 rings (SSSR count). The summed E-state index contributed by atoms with van der Waals surface area (Å²) in [4.78, 5) is 13.2. The Balaban J connectivity index is 1.39. The van der Waals surface area contributed by atoms with Gasteiger partial charge >= 0.3 is 6.18 Å². The fourth-order valence-corrected chi connectivity index (χ4v) is 7.78. The maximum absolute atomic E-state index is 13.4. The van der Waals surface area contributed by atoms with Crippen molar-refractivity contribution >= 4 is 15.9 Å². The Morgan fingerprint density at radius 1 is 1.03 bits per heavy atom. The van der Waals surface area contributed by atoms with E-state index in [1.807, 2.05) is 0 Å². The maximum Gasteiger partial charge on any atom is 0.416 e. The van der Waals surface area contributed by atoms with Gasteiger partial charge in [0.25, 0.3) is 0 Å². The number of nitrogens with zero attached hydrogens (tertiary/aromatic N) is 1. The summed E-state index contributed by atoms with van der Waals surface area (Å²) >= 11 is 0. The van der Waals surface area contributed by atoms with Crippen LogP contribution in [-0.4, -0.2) is 50.3 Å². The largest absolute Gasteiger partial charge is 0.416 e. The number of fused-ring (bicyclic) bond motifs is 1. The van der Waals surface area contributed by atoms with Gasteiger partial charge in [-0.1, -0.05) is 33.6 Å². The van der Waals surface area contributed by atoms with Crippen molar-refractivity contribution in [2.75, 3.05) is 19.6 Å². The first-order chi connectivity index (χ1) is 17.2. The molecular weight excluding hydrogens is 503 g/mol. The lowest BCUT2D eigenvalue weighted by Crippen LogP contribution is -2.51. The SMILES string of the molecule is CC(C)(C)C[C@H](NCC1CCCC1)C(=O)N[C@H]1CC[C@@H]2CN(S(=O)(=O)c3ccc(C(F)(F)F)cc3)C[C@@H]21. The highest BCUT2D eigenvalue weighted by atomic mass is 32.2. The normalized spacial score (nSPS) is 26.4. The molecule has 0 spiro atoms. The van der Waals surface area contributed by atoms with E-state index in [1.54, 1.807) is 0 Å². The molecule has 10 heteroatoms. The van der Waals surface area contributed by atoms with Crippen LogP contribution in [0.3, 0.4) is 0 Å². The van der Waals surface area contributed by atoms with Gasteiger partial charge in [-0.15, -0.1) is 0 Å². The van der Waals surface area contributed by atoms with E-state index in [4.69, 9.17) is 0 Å². The zero-order valence-electron chi connectivity index (χ0n) is 22.0. The second kappa shape index (κ2) is 10.8. The third kappa shape index (κ3) is 6.87. The Bertz CT molecular complexity index is 1050. The summed E-state index contributed by atoms with van der Waals surface area (Å²) in [6.45, 7) is 7.79. The van der Waals surface area contributed by atoms with E-state index in [0.717, 1.165) is 43.7 Å². The molecule has 1 saturated heterocycles. The Labute approximate surface area is 218 Å². The van der Waals surface area contributed by atoms with Gasteiger partial charge in [-0.25, -0.2) is 8.42 Å². The van der Waals surface area contributed by atoms with Crippen LogP contribution in [0.25, 0.3) is 0 Å². The van der Waals surface area contributed by atoms with Gasteiger partial charge < -0.3 is 10.6 Å². The number of sulfonamides is 1. The van der Waals surface area contributed by atoms with Crippen molar-refractivity contribution in [1.29, 1.82) is 0 Å². The topological polar surface area (TPSA) is 78.5 Å². The highest BCUT2D eigenvalue weighted by Gasteiger charge is 2.47. The van der Waals surface area contributed by atoms with E-state index in [1.165, 1.54) is 30.0 Å². The van der Waals surface area contributed by atoms with Crippen molar-refractivity contribution in [1.82, 2.24) is 14.9 Å². The molecule has 1 aromatic carbocycles. The molecule has 4 atom stereocenters. The second-order valence-electron chi connectivity index (χ2n) is 12.3. The first kappa shape index (κ1) is 28.4. The second-order valence-corrected chi connectivity index (χ2v) is 14.3. The molecule has 6 nitrogen and oxygen atoms in total. The smallest absolute Gasteiger partial charge is 0.352 e. The Hall–Kier alpha value is -1.65. The van der Waals surface area contributed by atoms with Crippen molar-refractivity contribution in [3.05, 3.63) is 29.8 Å². The van der Waals surface area contributed by atoms with Crippen LogP contribution in [0.15, 0.2) is 29.2 Å². The summed E-state index contributed by atoms with van der Waals surface area (Å²) in [5, 5.41) is 6.76. The van der Waals surface area contributed by atoms with E-state index in [0.29, 0.717) is 18.9 Å². The molecule has 1 aliphatic heterocycles. The monoisotopic (exact) mass is 543 g/mol. The van der Waals surface area contributed by atoms with Crippen LogP contribution in [0.5, 0.6) is 0 Å². The van der Waals surface area contributed by atoms with Crippen molar-refractivity contribution in [3.8, 4) is 0 Å². The lowest BCUT2D eigenvalue weighted by molar-refractivity contribution is -0.137. The standard InChI is InChI=1S/C27H40F3N3O3S/c1-26(2,3)14-24(31-15-18-6-4-5-7-18)25(34)32-23-13-8-19-16-33(17-22(19)23)37(35,36)21-11-9-20(10-12-21)27(28,29)30/h9-12,18-19,22-24,31H,4-8,13-17H2,1-3H3,(H,32,34)/t19-,22+,23+,24+/m1/s1. The van der Waals surface area contributed by atoms with Gasteiger partial charge in [0.15, 0.2) is 0 Å². The van der Waals surface area contributed by atoms with Crippen LogP contribution in [0, 0.1) is 23.2 Å². The van der Waals surface area contributed by atoms with Crippen molar-refractivity contribution in [2.24, 2.45) is 23.2 Å². The summed E-state index contributed by atoms with van der Waals surface area (Å²) in [6, 6.07) is 3.26. The Morgan fingerprint density at radius 3 is 2.27 bits per heavy atom. The molecule has 37 heavy (non-hydrogen) atoms. The average Bonchev–Trinajstić information content (AvgIpc) is 3.54. The molecule has 2 saturated carbocycles. The number of carbonyl (C=O) groups excluding carboxylic acids is 1. The van der Waals surface area contributed by atoms with Crippen LogP contribution in [0.2, 0.25) is 0 Å². The summed E-state index contributed by atoms with van der Waals surface area (Å²) in [5.41, 5.74) is -0.901. The number of halogens is 3. The van der Waals surface area contributed by atoms with E-state index in [-0.39, 0.29) is 46.7 Å².